The average Bonchev–Trinajstić information content (AvgIpc) is 2.38. The van der Waals surface area contributed by atoms with E-state index in [2.05, 4.69) is 0 Å². The molecule has 2 rings (SSSR count). The molecule has 0 heterocycles. The molecule has 0 unspecified atom stereocenters. The van der Waals surface area contributed by atoms with Crippen molar-refractivity contribution < 1.29 is 22.7 Å². The predicted octanol–water partition coefficient (Wildman–Crippen LogP) is 2.02. The molecule has 110 valence electrons. The van der Waals surface area contributed by atoms with Gasteiger partial charge in [-0.25, -0.2) is 17.1 Å². The maximum absolute atomic E-state index is 13.1. The summed E-state index contributed by atoms with van der Waals surface area (Å²) in [4.78, 5) is 11.1. The highest BCUT2D eigenvalue weighted by Crippen LogP contribution is 2.23. The summed E-state index contributed by atoms with van der Waals surface area (Å²) >= 11 is 0. The van der Waals surface area contributed by atoms with Crippen molar-refractivity contribution in [2.24, 2.45) is 0 Å². The number of rotatable bonds is 5. The smallest absolute Gasteiger partial charge is 0.245 e. The van der Waals surface area contributed by atoms with E-state index < -0.39 is 21.6 Å². The van der Waals surface area contributed by atoms with Gasteiger partial charge >= 0.3 is 0 Å². The Hall–Kier alpha value is -2.41. The molecule has 0 radical (unpaired) electrons. The highest BCUT2D eigenvalue weighted by Gasteiger charge is 2.23. The van der Waals surface area contributed by atoms with Crippen LogP contribution < -0.4 is 4.31 Å². The van der Waals surface area contributed by atoms with Crippen LogP contribution in [0.2, 0.25) is 0 Å². The first kappa shape index (κ1) is 15.0. The lowest BCUT2D eigenvalue weighted by Gasteiger charge is -2.17. The van der Waals surface area contributed by atoms with Crippen LogP contribution in [0.1, 0.15) is 5.56 Å². The Bertz CT molecular complexity index is 761. The van der Waals surface area contributed by atoms with E-state index in [1.165, 1.54) is 36.4 Å². The molecule has 5 nitrogen and oxygen atoms in total. The number of amides is 1. The van der Waals surface area contributed by atoms with E-state index >= 15 is 0 Å². The zero-order valence-corrected chi connectivity index (χ0v) is 11.6. The van der Waals surface area contributed by atoms with Crippen molar-refractivity contribution in [1.29, 1.82) is 0 Å². The molecular formula is C14H12FNO4S. The van der Waals surface area contributed by atoms with Crippen molar-refractivity contribution in [1.82, 2.24) is 0 Å². The summed E-state index contributed by atoms with van der Waals surface area (Å²) in [6.07, 6.45) is 0.142. The number of aromatic hydroxyl groups is 1. The highest BCUT2D eigenvalue weighted by atomic mass is 32.2. The van der Waals surface area contributed by atoms with Crippen molar-refractivity contribution in [3.05, 3.63) is 59.9 Å². The third-order valence-corrected chi connectivity index (χ3v) is 4.31. The average molecular weight is 309 g/mol. The van der Waals surface area contributed by atoms with E-state index in [-0.39, 0.29) is 23.4 Å². The van der Waals surface area contributed by atoms with Gasteiger partial charge in [0.1, 0.15) is 11.6 Å². The van der Waals surface area contributed by atoms with Gasteiger partial charge in [-0.05, 0) is 29.8 Å². The van der Waals surface area contributed by atoms with Crippen LogP contribution >= 0.6 is 0 Å². The molecule has 0 aliphatic carbocycles. The molecule has 0 aliphatic rings. The molecule has 21 heavy (non-hydrogen) atoms. The number of sulfonamides is 1. The van der Waals surface area contributed by atoms with Crippen molar-refractivity contribution in [2.45, 2.75) is 5.75 Å². The first-order valence-electron chi connectivity index (χ1n) is 5.93. The Kier molecular flexibility index (Phi) is 4.23. The Morgan fingerprint density at radius 3 is 2.48 bits per heavy atom. The number of carbonyl (C=O) groups is 1. The number of hydrogen-bond donors (Lipinski definition) is 1. The van der Waals surface area contributed by atoms with Gasteiger partial charge in [0.15, 0.2) is 0 Å². The van der Waals surface area contributed by atoms with E-state index in [4.69, 9.17) is 0 Å². The van der Waals surface area contributed by atoms with Crippen molar-refractivity contribution >= 4 is 22.1 Å². The minimum Gasteiger partial charge on any atom is -0.508 e. The van der Waals surface area contributed by atoms with Crippen LogP contribution in [0.4, 0.5) is 10.1 Å². The van der Waals surface area contributed by atoms with Crippen molar-refractivity contribution in [3.63, 3.8) is 0 Å². The van der Waals surface area contributed by atoms with Gasteiger partial charge in [0, 0.05) is 6.07 Å². The largest absolute Gasteiger partial charge is 0.508 e. The second kappa shape index (κ2) is 5.92. The number of carbonyl (C=O) groups excluding carboxylic acids is 1. The van der Waals surface area contributed by atoms with E-state index in [1.807, 2.05) is 0 Å². The highest BCUT2D eigenvalue weighted by molar-refractivity contribution is 7.92. The molecule has 0 saturated heterocycles. The molecule has 0 aromatic heterocycles. The number of hydrogen-bond acceptors (Lipinski definition) is 4. The maximum atomic E-state index is 13.1. The van der Waals surface area contributed by atoms with Crippen LogP contribution in [0.5, 0.6) is 5.75 Å². The van der Waals surface area contributed by atoms with Gasteiger partial charge in [0.25, 0.3) is 0 Å². The normalized spacial score (nSPS) is 11.1. The monoisotopic (exact) mass is 309 g/mol. The molecule has 0 atom stereocenters. The van der Waals surface area contributed by atoms with Crippen LogP contribution in [0.3, 0.4) is 0 Å². The quantitative estimate of drug-likeness (QED) is 0.858. The zero-order valence-electron chi connectivity index (χ0n) is 10.8. The number of benzene rings is 2. The number of phenols is 1. The molecule has 0 fully saturated rings. The summed E-state index contributed by atoms with van der Waals surface area (Å²) < 4.78 is 38.1. The second-order valence-electron chi connectivity index (χ2n) is 4.31. The Balaban J connectivity index is 2.34. The third-order valence-electron chi connectivity index (χ3n) is 2.72. The molecule has 2 aromatic rings. The lowest BCUT2D eigenvalue weighted by atomic mass is 10.2. The fourth-order valence-electron chi connectivity index (χ4n) is 1.82. The van der Waals surface area contributed by atoms with Gasteiger partial charge in [-0.15, -0.1) is 0 Å². The number of halogens is 1. The fourth-order valence-corrected chi connectivity index (χ4v) is 3.13. The van der Waals surface area contributed by atoms with Gasteiger partial charge in [0.05, 0.1) is 11.4 Å². The molecule has 1 amide bonds. The van der Waals surface area contributed by atoms with Crippen molar-refractivity contribution in [3.8, 4) is 5.75 Å². The van der Waals surface area contributed by atoms with Crippen LogP contribution in [0.15, 0.2) is 48.5 Å². The molecular weight excluding hydrogens is 297 g/mol. The van der Waals surface area contributed by atoms with Gasteiger partial charge < -0.3 is 5.11 Å². The zero-order chi connectivity index (χ0) is 15.5. The minimum absolute atomic E-state index is 0.0152. The summed E-state index contributed by atoms with van der Waals surface area (Å²) in [5, 5.41) is 9.36. The second-order valence-corrected chi connectivity index (χ2v) is 6.15. The SMILES string of the molecule is O=CN(c1cccc(O)c1)S(=O)(=O)Cc1cccc(F)c1. The summed E-state index contributed by atoms with van der Waals surface area (Å²) in [6, 6.07) is 10.4. The van der Waals surface area contributed by atoms with Crippen LogP contribution in [-0.4, -0.2) is 19.9 Å². The van der Waals surface area contributed by atoms with Gasteiger partial charge in [-0.1, -0.05) is 18.2 Å². The fraction of sp³-hybridized carbons (Fsp3) is 0.0714. The Morgan fingerprint density at radius 1 is 1.14 bits per heavy atom. The topological polar surface area (TPSA) is 74.7 Å². The van der Waals surface area contributed by atoms with Crippen molar-refractivity contribution in [2.75, 3.05) is 4.31 Å². The van der Waals surface area contributed by atoms with Gasteiger partial charge in [-0.2, -0.15) is 0 Å². The third kappa shape index (κ3) is 3.57. The van der Waals surface area contributed by atoms with E-state index in [1.54, 1.807) is 0 Å². The van der Waals surface area contributed by atoms with E-state index in [9.17, 15) is 22.7 Å². The number of nitrogens with zero attached hydrogens (tertiary/aromatic N) is 1. The predicted molar refractivity (Wildman–Crippen MR) is 75.7 cm³/mol. The molecule has 2 aromatic carbocycles. The maximum Gasteiger partial charge on any atom is 0.245 e. The molecule has 0 spiro atoms. The van der Waals surface area contributed by atoms with E-state index in [0.717, 1.165) is 12.1 Å². The lowest BCUT2D eigenvalue weighted by molar-refractivity contribution is -0.106. The summed E-state index contributed by atoms with van der Waals surface area (Å²) in [5.41, 5.74) is 0.239. The number of phenolic OH excluding ortho intramolecular Hbond substituents is 1. The standard InChI is InChI=1S/C14H12FNO4S/c15-12-4-1-3-11(7-12)9-21(19,20)16(10-17)13-5-2-6-14(18)8-13/h1-8,10,18H,9H2. The first-order valence-corrected chi connectivity index (χ1v) is 7.54. The molecule has 0 bridgehead atoms. The summed E-state index contributed by atoms with van der Waals surface area (Å²) in [6.45, 7) is 0. The molecule has 0 saturated carbocycles. The molecule has 7 heteroatoms. The molecule has 0 aliphatic heterocycles. The lowest BCUT2D eigenvalue weighted by Crippen LogP contribution is -2.30. The summed E-state index contributed by atoms with van der Waals surface area (Å²) in [5.74, 6) is -1.25. The Morgan fingerprint density at radius 2 is 1.86 bits per heavy atom. The molecule has 1 N–H and O–H groups in total. The minimum atomic E-state index is -4.02. The van der Waals surface area contributed by atoms with Gasteiger partial charge in [-0.3, -0.25) is 4.79 Å². The first-order chi connectivity index (χ1) is 9.92. The Labute approximate surface area is 121 Å². The summed E-state index contributed by atoms with van der Waals surface area (Å²) in [7, 11) is -4.02. The number of anilines is 1. The van der Waals surface area contributed by atoms with Crippen LogP contribution in [0.25, 0.3) is 0 Å². The van der Waals surface area contributed by atoms with Gasteiger partial charge in [0.2, 0.25) is 16.4 Å². The van der Waals surface area contributed by atoms with Crippen LogP contribution in [-0.2, 0) is 20.6 Å². The van der Waals surface area contributed by atoms with Crippen LogP contribution in [0, 0.1) is 5.82 Å². The van der Waals surface area contributed by atoms with E-state index in [0.29, 0.717) is 4.31 Å².